The van der Waals surface area contributed by atoms with Crippen LogP contribution in [0.15, 0.2) is 41.6 Å². The zero-order chi connectivity index (χ0) is 28.4. The maximum absolute atomic E-state index is 13.2. The molecule has 38 heavy (non-hydrogen) atoms. The number of hydrogen-bond acceptors (Lipinski definition) is 8. The van der Waals surface area contributed by atoms with Gasteiger partial charge in [0, 0.05) is 23.7 Å². The number of alkyl halides is 4. The number of fused-ring (bicyclic) bond motifs is 1. The lowest BCUT2D eigenvalue weighted by Gasteiger charge is -2.50. The van der Waals surface area contributed by atoms with Gasteiger partial charge in [-0.1, -0.05) is 83.7 Å². The minimum atomic E-state index is -2.08. The highest BCUT2D eigenvalue weighted by Gasteiger charge is 2.54. The molecular formula is C25H27Cl4NO7S. The van der Waals surface area contributed by atoms with Gasteiger partial charge < -0.3 is 14.2 Å². The standard InChI is InChI=1S/C25H27Cl4NO7S/c1-13(14-8-6-5-7-9-14)17(31)10-16-19(32)30-18(21(33)37-24(2,3)4)15(12-38-20(16)30)11-35-23(34)36-22(26)25(27,28)29/h5-9,13,16,20,22H,10-12H2,1-4H3/t13?,16-,20-,22?/m1/s1. The van der Waals surface area contributed by atoms with Gasteiger partial charge in [-0.25, -0.2) is 9.59 Å². The molecule has 2 unspecified atom stereocenters. The van der Waals surface area contributed by atoms with E-state index in [0.717, 1.165) is 5.56 Å². The first-order valence-corrected chi connectivity index (χ1v) is 14.2. The molecule has 0 aliphatic carbocycles. The lowest BCUT2D eigenvalue weighted by atomic mass is 9.85. The van der Waals surface area contributed by atoms with E-state index in [1.54, 1.807) is 27.7 Å². The molecule has 0 aromatic heterocycles. The number of benzene rings is 1. The summed E-state index contributed by atoms with van der Waals surface area (Å²) in [5.41, 5.74) is -1.29. The van der Waals surface area contributed by atoms with Crippen molar-refractivity contribution in [3.63, 3.8) is 0 Å². The highest BCUT2D eigenvalue weighted by molar-refractivity contribution is 8.00. The van der Waals surface area contributed by atoms with E-state index in [9.17, 15) is 19.2 Å². The van der Waals surface area contributed by atoms with E-state index in [1.165, 1.54) is 16.7 Å². The van der Waals surface area contributed by atoms with Crippen LogP contribution in [0.3, 0.4) is 0 Å². The van der Waals surface area contributed by atoms with E-state index in [0.29, 0.717) is 5.57 Å². The number of Topliss-reactive ketones (excluding diaryl/α,β-unsaturated/α-hetero) is 1. The first kappa shape index (κ1) is 30.9. The zero-order valence-corrected chi connectivity index (χ0v) is 24.9. The Bertz CT molecular complexity index is 1120. The molecule has 1 aromatic carbocycles. The Balaban J connectivity index is 1.76. The van der Waals surface area contributed by atoms with Gasteiger partial charge in [0.05, 0.1) is 11.3 Å². The summed E-state index contributed by atoms with van der Waals surface area (Å²) >= 11 is 23.9. The molecule has 1 aromatic rings. The molecule has 4 atom stereocenters. The summed E-state index contributed by atoms with van der Waals surface area (Å²) in [5, 5.41) is -0.441. The number of rotatable bonds is 8. The number of carbonyl (C=O) groups is 4. The van der Waals surface area contributed by atoms with Crippen LogP contribution in [-0.2, 0) is 28.6 Å². The van der Waals surface area contributed by atoms with E-state index in [-0.39, 0.29) is 35.5 Å². The third-order valence-corrected chi connectivity index (χ3v) is 8.52. The molecule has 208 valence electrons. The highest BCUT2D eigenvalue weighted by Crippen LogP contribution is 2.46. The average Bonchev–Trinajstić information content (AvgIpc) is 2.83. The first-order chi connectivity index (χ1) is 17.6. The van der Waals surface area contributed by atoms with E-state index in [4.69, 9.17) is 60.6 Å². The van der Waals surface area contributed by atoms with Crippen LogP contribution in [0.25, 0.3) is 0 Å². The quantitative estimate of drug-likeness (QED) is 0.198. The second-order valence-corrected chi connectivity index (χ2v) is 13.7. The van der Waals surface area contributed by atoms with E-state index >= 15 is 0 Å². The minimum Gasteiger partial charge on any atom is -0.455 e. The molecule has 1 saturated heterocycles. The van der Waals surface area contributed by atoms with Crippen molar-refractivity contribution in [3.05, 3.63) is 47.2 Å². The van der Waals surface area contributed by atoms with E-state index < -0.39 is 45.0 Å². The Morgan fingerprint density at radius 2 is 1.76 bits per heavy atom. The first-order valence-electron chi connectivity index (χ1n) is 11.6. The number of amides is 1. The Hall–Kier alpha value is -1.65. The third-order valence-electron chi connectivity index (χ3n) is 5.77. The summed E-state index contributed by atoms with van der Waals surface area (Å²) < 4.78 is 13.3. The number of nitrogens with zero attached hydrogens (tertiary/aromatic N) is 1. The van der Waals surface area contributed by atoms with Gasteiger partial charge in [-0.05, 0) is 26.3 Å². The zero-order valence-electron chi connectivity index (χ0n) is 21.0. The molecule has 0 saturated carbocycles. The molecule has 2 aliphatic rings. The van der Waals surface area contributed by atoms with Crippen LogP contribution in [0.2, 0.25) is 0 Å². The number of carbonyl (C=O) groups excluding carboxylic acids is 4. The van der Waals surface area contributed by atoms with Gasteiger partial charge in [0.25, 0.3) is 0 Å². The summed E-state index contributed by atoms with van der Waals surface area (Å²) in [4.78, 5) is 52.7. The van der Waals surface area contributed by atoms with Crippen LogP contribution < -0.4 is 0 Å². The number of hydrogen-bond donors (Lipinski definition) is 0. The lowest BCUT2D eigenvalue weighted by molar-refractivity contribution is -0.161. The number of ether oxygens (including phenoxy) is 3. The van der Waals surface area contributed by atoms with Crippen molar-refractivity contribution in [2.24, 2.45) is 5.92 Å². The fraction of sp³-hybridized carbons (Fsp3) is 0.520. The van der Waals surface area contributed by atoms with Gasteiger partial charge in [0.1, 0.15) is 23.7 Å². The van der Waals surface area contributed by atoms with Crippen LogP contribution in [0.5, 0.6) is 0 Å². The van der Waals surface area contributed by atoms with Crippen molar-refractivity contribution in [2.75, 3.05) is 12.4 Å². The molecule has 1 amide bonds. The minimum absolute atomic E-state index is 0.0231. The molecule has 2 aliphatic heterocycles. The smallest absolute Gasteiger partial charge is 0.455 e. The van der Waals surface area contributed by atoms with Crippen molar-refractivity contribution in [1.29, 1.82) is 0 Å². The molecule has 0 bridgehead atoms. The Labute approximate surface area is 245 Å². The normalized spacial score (nSPS) is 21.2. The Kier molecular flexibility index (Phi) is 9.96. The lowest BCUT2D eigenvalue weighted by Crippen LogP contribution is -2.62. The topological polar surface area (TPSA) is 99.2 Å². The summed E-state index contributed by atoms with van der Waals surface area (Å²) in [5.74, 6) is -1.93. The molecule has 2 heterocycles. The van der Waals surface area contributed by atoms with Gasteiger partial charge in [-0.3, -0.25) is 14.5 Å². The highest BCUT2D eigenvalue weighted by atomic mass is 35.6. The van der Waals surface area contributed by atoms with Crippen LogP contribution in [0.1, 0.15) is 45.6 Å². The molecule has 0 N–H and O–H groups in total. The van der Waals surface area contributed by atoms with Crippen LogP contribution >= 0.6 is 58.2 Å². The predicted octanol–water partition coefficient (Wildman–Crippen LogP) is 5.96. The molecule has 0 spiro atoms. The molecule has 8 nitrogen and oxygen atoms in total. The molecule has 13 heteroatoms. The summed E-state index contributed by atoms with van der Waals surface area (Å²) in [6.07, 6.45) is -1.19. The SMILES string of the molecule is CC(C(=O)C[C@@H]1C(=O)N2C(C(=O)OC(C)(C)C)=C(COC(=O)OC(Cl)C(Cl)(Cl)Cl)CS[C@H]12)c1ccccc1. The van der Waals surface area contributed by atoms with Crippen molar-refractivity contribution in [1.82, 2.24) is 4.90 Å². The van der Waals surface area contributed by atoms with Gasteiger partial charge in [0.2, 0.25) is 15.3 Å². The largest absolute Gasteiger partial charge is 0.510 e. The maximum Gasteiger partial charge on any atom is 0.510 e. The van der Waals surface area contributed by atoms with Crippen molar-refractivity contribution in [2.45, 2.75) is 60.4 Å². The Morgan fingerprint density at radius 3 is 2.34 bits per heavy atom. The number of ketones is 1. The second-order valence-electron chi connectivity index (χ2n) is 9.79. The van der Waals surface area contributed by atoms with Gasteiger partial charge in [-0.15, -0.1) is 11.8 Å². The molecule has 1 fully saturated rings. The summed E-state index contributed by atoms with van der Waals surface area (Å²) in [6.45, 7) is 6.48. The number of thioether (sulfide) groups is 1. The maximum atomic E-state index is 13.2. The second kappa shape index (κ2) is 12.3. The molecule has 3 rings (SSSR count). The Morgan fingerprint density at radius 1 is 1.13 bits per heavy atom. The van der Waals surface area contributed by atoms with Crippen LogP contribution in [0.4, 0.5) is 4.79 Å². The summed E-state index contributed by atoms with van der Waals surface area (Å²) in [6, 6.07) is 9.32. The fourth-order valence-corrected chi connectivity index (χ4v) is 5.50. The van der Waals surface area contributed by atoms with Crippen LogP contribution in [0, 0.1) is 5.92 Å². The van der Waals surface area contributed by atoms with E-state index in [2.05, 4.69) is 0 Å². The number of halogens is 4. The predicted molar refractivity (Wildman–Crippen MR) is 146 cm³/mol. The van der Waals surface area contributed by atoms with Crippen molar-refractivity contribution in [3.8, 4) is 0 Å². The fourth-order valence-electron chi connectivity index (χ4n) is 3.90. The van der Waals surface area contributed by atoms with Crippen molar-refractivity contribution >= 4 is 82.0 Å². The number of β-lactam (4-membered cyclic amide) rings is 1. The van der Waals surface area contributed by atoms with Crippen molar-refractivity contribution < 1.29 is 33.4 Å². The number of esters is 1. The van der Waals surface area contributed by atoms with Crippen LogP contribution in [-0.4, -0.2) is 61.4 Å². The third kappa shape index (κ3) is 7.50. The molecular weight excluding hydrogens is 600 g/mol. The summed E-state index contributed by atoms with van der Waals surface area (Å²) in [7, 11) is 0. The molecule has 0 radical (unpaired) electrons. The monoisotopic (exact) mass is 625 g/mol. The van der Waals surface area contributed by atoms with Gasteiger partial charge in [-0.2, -0.15) is 0 Å². The average molecular weight is 627 g/mol. The van der Waals surface area contributed by atoms with Gasteiger partial charge in [0.15, 0.2) is 0 Å². The van der Waals surface area contributed by atoms with Gasteiger partial charge >= 0.3 is 12.1 Å². The van der Waals surface area contributed by atoms with E-state index in [1.807, 2.05) is 30.3 Å².